The highest BCUT2D eigenvalue weighted by Gasteiger charge is 2.36. The molecule has 0 amide bonds. The molecule has 26 heavy (non-hydrogen) atoms. The van der Waals surface area contributed by atoms with Crippen molar-refractivity contribution in [3.05, 3.63) is 58.9 Å². The zero-order chi connectivity index (χ0) is 18.9. The Morgan fingerprint density at radius 2 is 1.96 bits per heavy atom. The Balaban J connectivity index is 1.86. The second-order valence-electron chi connectivity index (χ2n) is 5.99. The molecule has 0 aliphatic carbocycles. The van der Waals surface area contributed by atoms with Crippen molar-refractivity contribution in [3.8, 4) is 0 Å². The molecule has 3 rings (SSSR count). The molecule has 1 saturated heterocycles. The third-order valence-electron chi connectivity index (χ3n) is 4.29. The first-order valence-electron chi connectivity index (χ1n) is 7.82. The van der Waals surface area contributed by atoms with Gasteiger partial charge in [-0.05, 0) is 42.7 Å². The summed E-state index contributed by atoms with van der Waals surface area (Å²) in [5.74, 6) is 0. The highest BCUT2D eigenvalue weighted by Crippen LogP contribution is 2.36. The highest BCUT2D eigenvalue weighted by atomic mass is 35.5. The van der Waals surface area contributed by atoms with Gasteiger partial charge in [0.1, 0.15) is 5.15 Å². The summed E-state index contributed by atoms with van der Waals surface area (Å²) < 4.78 is 69.9. The minimum absolute atomic E-state index is 0.141. The summed E-state index contributed by atoms with van der Waals surface area (Å²) in [5.41, 5.74) is -0.303. The molecule has 2 heterocycles. The summed E-state index contributed by atoms with van der Waals surface area (Å²) in [7, 11) is -3.92. The molecule has 9 heteroatoms. The van der Waals surface area contributed by atoms with Crippen molar-refractivity contribution in [2.45, 2.75) is 35.3 Å². The number of aromatic nitrogens is 1. The quantitative estimate of drug-likeness (QED) is 0.708. The molecule has 1 aromatic heterocycles. The Hall–Kier alpha value is -1.64. The number of pyridine rings is 1. The van der Waals surface area contributed by atoms with Gasteiger partial charge in [-0.3, -0.25) is 0 Å². The predicted octanol–water partition coefficient (Wildman–Crippen LogP) is 4.45. The Morgan fingerprint density at radius 1 is 1.19 bits per heavy atom. The van der Waals surface area contributed by atoms with Crippen LogP contribution in [0.2, 0.25) is 5.15 Å². The van der Waals surface area contributed by atoms with E-state index in [1.807, 2.05) is 0 Å². The smallest absolute Gasteiger partial charge is 0.373 e. The average molecular weight is 406 g/mol. The van der Waals surface area contributed by atoms with E-state index in [-0.39, 0.29) is 24.3 Å². The molecule has 140 valence electrons. The molecule has 0 radical (unpaired) electrons. The number of hydrogen-bond acceptors (Lipinski definition) is 4. The van der Waals surface area contributed by atoms with Crippen molar-refractivity contribution < 1.29 is 26.3 Å². The number of ether oxygens (including phenoxy) is 1. The fourth-order valence-corrected chi connectivity index (χ4v) is 4.79. The first-order chi connectivity index (χ1) is 12.2. The van der Waals surface area contributed by atoms with Gasteiger partial charge in [-0.25, -0.2) is 13.4 Å². The second-order valence-corrected chi connectivity index (χ2v) is 8.61. The highest BCUT2D eigenvalue weighted by molar-refractivity contribution is 7.92. The average Bonchev–Trinajstić information content (AvgIpc) is 2.62. The van der Waals surface area contributed by atoms with Gasteiger partial charge in [-0.15, -0.1) is 0 Å². The van der Waals surface area contributed by atoms with Crippen molar-refractivity contribution >= 4 is 21.4 Å². The maximum atomic E-state index is 12.9. The molecule has 0 spiro atoms. The van der Waals surface area contributed by atoms with E-state index < -0.39 is 32.9 Å². The van der Waals surface area contributed by atoms with Crippen molar-refractivity contribution in [3.63, 3.8) is 0 Å². The summed E-state index contributed by atoms with van der Waals surface area (Å²) in [5, 5.41) is -0.530. The first kappa shape index (κ1) is 19.1. The lowest BCUT2D eigenvalue weighted by atomic mass is 10.0. The van der Waals surface area contributed by atoms with Crippen LogP contribution in [-0.4, -0.2) is 25.3 Å². The maximum absolute atomic E-state index is 12.9. The van der Waals surface area contributed by atoms with Gasteiger partial charge < -0.3 is 4.74 Å². The van der Waals surface area contributed by atoms with E-state index in [1.165, 1.54) is 12.3 Å². The van der Waals surface area contributed by atoms with Crippen LogP contribution in [-0.2, 0) is 20.8 Å². The van der Waals surface area contributed by atoms with Crippen molar-refractivity contribution in [2.24, 2.45) is 0 Å². The predicted molar refractivity (Wildman–Crippen MR) is 89.6 cm³/mol. The van der Waals surface area contributed by atoms with E-state index in [9.17, 15) is 21.6 Å². The zero-order valence-corrected chi connectivity index (χ0v) is 15.0. The fraction of sp³-hybridized carbons (Fsp3) is 0.353. The molecule has 1 aromatic carbocycles. The van der Waals surface area contributed by atoms with Gasteiger partial charge >= 0.3 is 6.18 Å². The van der Waals surface area contributed by atoms with Gasteiger partial charge in [-0.2, -0.15) is 13.2 Å². The zero-order valence-electron chi connectivity index (χ0n) is 13.4. The standard InChI is InChI=1S/C17H15ClF3NO3S/c18-16-5-4-11(10-22-16)15-9-14(6-7-25-15)26(23,24)13-3-1-2-12(8-13)17(19,20)21/h1-5,8,10,14-15H,6-7,9H2. The van der Waals surface area contributed by atoms with Crippen LogP contribution < -0.4 is 0 Å². The van der Waals surface area contributed by atoms with Crippen LogP contribution in [0.25, 0.3) is 0 Å². The molecule has 1 aliphatic rings. The first-order valence-corrected chi connectivity index (χ1v) is 9.74. The lowest BCUT2D eigenvalue weighted by molar-refractivity contribution is -0.137. The van der Waals surface area contributed by atoms with E-state index in [4.69, 9.17) is 16.3 Å². The SMILES string of the molecule is O=S(=O)(c1cccc(C(F)(F)F)c1)C1CCOC(c2ccc(Cl)nc2)C1. The van der Waals surface area contributed by atoms with E-state index in [1.54, 1.807) is 12.1 Å². The molecule has 2 unspecified atom stereocenters. The van der Waals surface area contributed by atoms with E-state index in [2.05, 4.69) is 4.98 Å². The fourth-order valence-electron chi connectivity index (χ4n) is 2.90. The van der Waals surface area contributed by atoms with E-state index >= 15 is 0 Å². The van der Waals surface area contributed by atoms with Crippen LogP contribution in [0.3, 0.4) is 0 Å². The Bertz CT molecular complexity index is 885. The normalized spacial score (nSPS) is 21.5. The number of rotatable bonds is 3. The number of sulfone groups is 1. The van der Waals surface area contributed by atoms with Gasteiger partial charge in [0.2, 0.25) is 0 Å². The molecule has 2 atom stereocenters. The number of nitrogens with zero attached hydrogens (tertiary/aromatic N) is 1. The molecule has 4 nitrogen and oxygen atoms in total. The van der Waals surface area contributed by atoms with Crippen molar-refractivity contribution in [2.75, 3.05) is 6.61 Å². The number of benzene rings is 1. The largest absolute Gasteiger partial charge is 0.416 e. The number of halogens is 4. The van der Waals surface area contributed by atoms with Crippen LogP contribution in [0.5, 0.6) is 0 Å². The molecular weight excluding hydrogens is 391 g/mol. The van der Waals surface area contributed by atoms with Gasteiger partial charge in [0, 0.05) is 12.8 Å². The number of hydrogen-bond donors (Lipinski definition) is 0. The maximum Gasteiger partial charge on any atom is 0.416 e. The third-order valence-corrected chi connectivity index (χ3v) is 6.73. The third kappa shape index (κ3) is 4.02. The summed E-state index contributed by atoms with van der Waals surface area (Å²) in [6.07, 6.45) is -3.23. The van der Waals surface area contributed by atoms with Crippen LogP contribution in [0.1, 0.15) is 30.1 Å². The summed E-state index contributed by atoms with van der Waals surface area (Å²) in [6.45, 7) is 0.191. The minimum atomic E-state index is -4.60. The second kappa shape index (κ2) is 7.17. The van der Waals surface area contributed by atoms with Crippen LogP contribution in [0.15, 0.2) is 47.5 Å². The van der Waals surface area contributed by atoms with Crippen molar-refractivity contribution in [1.82, 2.24) is 4.98 Å². The van der Waals surface area contributed by atoms with E-state index in [0.29, 0.717) is 16.8 Å². The molecule has 1 fully saturated rings. The lowest BCUT2D eigenvalue weighted by Crippen LogP contribution is -2.31. The molecule has 0 N–H and O–H groups in total. The Morgan fingerprint density at radius 3 is 2.62 bits per heavy atom. The molecule has 2 aromatic rings. The molecule has 1 aliphatic heterocycles. The lowest BCUT2D eigenvalue weighted by Gasteiger charge is -2.29. The number of alkyl halides is 3. The van der Waals surface area contributed by atoms with Gasteiger partial charge in [0.25, 0.3) is 0 Å². The van der Waals surface area contributed by atoms with Crippen LogP contribution >= 0.6 is 11.6 Å². The minimum Gasteiger partial charge on any atom is -0.373 e. The van der Waals surface area contributed by atoms with Gasteiger partial charge in [0.05, 0.1) is 21.8 Å². The van der Waals surface area contributed by atoms with Crippen LogP contribution in [0, 0.1) is 0 Å². The summed E-state index contributed by atoms with van der Waals surface area (Å²) in [4.78, 5) is 3.62. The Labute approximate surface area is 153 Å². The Kier molecular flexibility index (Phi) is 5.28. The van der Waals surface area contributed by atoms with Crippen LogP contribution in [0.4, 0.5) is 13.2 Å². The molecular formula is C17H15ClF3NO3S. The van der Waals surface area contributed by atoms with E-state index in [0.717, 1.165) is 12.1 Å². The van der Waals surface area contributed by atoms with Gasteiger partial charge in [0.15, 0.2) is 9.84 Å². The molecule has 0 bridgehead atoms. The monoisotopic (exact) mass is 405 g/mol. The topological polar surface area (TPSA) is 56.3 Å². The molecule has 0 saturated carbocycles. The summed E-state index contributed by atoms with van der Waals surface area (Å²) in [6, 6.07) is 7.10. The van der Waals surface area contributed by atoms with Crippen molar-refractivity contribution in [1.29, 1.82) is 0 Å². The summed E-state index contributed by atoms with van der Waals surface area (Å²) >= 11 is 5.74. The van der Waals surface area contributed by atoms with Gasteiger partial charge in [-0.1, -0.05) is 23.7 Å².